The van der Waals surface area contributed by atoms with Gasteiger partial charge in [0.1, 0.15) is 0 Å². The third kappa shape index (κ3) is 5.95. The first-order valence-electron chi connectivity index (χ1n) is 9.61. The monoisotopic (exact) mass is 496 g/mol. The number of benzene rings is 1. The van der Waals surface area contributed by atoms with E-state index in [1.807, 2.05) is 40.9 Å². The predicted octanol–water partition coefficient (Wildman–Crippen LogP) is 2.56. The number of amides is 1. The van der Waals surface area contributed by atoms with Gasteiger partial charge in [0.2, 0.25) is 5.91 Å². The number of nitrogens with zero attached hydrogens (tertiary/aromatic N) is 4. The molecule has 1 aliphatic heterocycles. The topological polar surface area (TPSA) is 74.6 Å². The summed E-state index contributed by atoms with van der Waals surface area (Å²) in [7, 11) is 0. The molecule has 1 saturated heterocycles. The SMILES string of the molecule is CCNC(=NCc1ccc(-n2cccn2)cc1)NC1CCN(C(=O)CC)C1.I. The molecule has 1 unspecified atom stereocenters. The van der Waals surface area contributed by atoms with Gasteiger partial charge in [0.05, 0.1) is 12.2 Å². The molecule has 2 N–H and O–H groups in total. The Bertz CT molecular complexity index is 760. The fraction of sp³-hybridized carbons (Fsp3) is 0.450. The molecule has 3 rings (SSSR count). The first kappa shape index (κ1) is 22.2. The van der Waals surface area contributed by atoms with Gasteiger partial charge in [-0.3, -0.25) is 4.79 Å². The standard InChI is InChI=1S/C20H28N6O.HI/c1-3-19(27)25-13-10-17(15-25)24-20(21-4-2)22-14-16-6-8-18(9-7-16)26-12-5-11-23-26;/h5-9,11-12,17H,3-4,10,13-15H2,1-2H3,(H2,21,22,24);1H. The molecule has 0 saturated carbocycles. The molecule has 28 heavy (non-hydrogen) atoms. The van der Waals surface area contributed by atoms with E-state index in [1.165, 1.54) is 0 Å². The van der Waals surface area contributed by atoms with Crippen LogP contribution in [-0.4, -0.2) is 52.2 Å². The zero-order valence-corrected chi connectivity index (χ0v) is 18.8. The van der Waals surface area contributed by atoms with Crippen molar-refractivity contribution in [3.63, 3.8) is 0 Å². The zero-order valence-electron chi connectivity index (χ0n) is 16.5. The molecule has 2 heterocycles. The molecule has 0 spiro atoms. The van der Waals surface area contributed by atoms with Crippen LogP contribution in [0.4, 0.5) is 0 Å². The summed E-state index contributed by atoms with van der Waals surface area (Å²) < 4.78 is 1.84. The van der Waals surface area contributed by atoms with Crippen molar-refractivity contribution in [1.29, 1.82) is 0 Å². The van der Waals surface area contributed by atoms with Gasteiger partial charge in [0.25, 0.3) is 0 Å². The number of hydrogen-bond acceptors (Lipinski definition) is 3. The third-order valence-electron chi connectivity index (χ3n) is 4.65. The number of carbonyl (C=O) groups excluding carboxylic acids is 1. The second-order valence-corrected chi connectivity index (χ2v) is 6.64. The summed E-state index contributed by atoms with van der Waals surface area (Å²) in [6.07, 6.45) is 5.21. The number of likely N-dealkylation sites (tertiary alicyclic amines) is 1. The number of aliphatic imine (C=N–C) groups is 1. The van der Waals surface area contributed by atoms with Crippen molar-refractivity contribution in [2.75, 3.05) is 19.6 Å². The van der Waals surface area contributed by atoms with E-state index < -0.39 is 0 Å². The largest absolute Gasteiger partial charge is 0.357 e. The summed E-state index contributed by atoms with van der Waals surface area (Å²) in [4.78, 5) is 18.5. The number of hydrogen-bond donors (Lipinski definition) is 2. The molecule has 1 aromatic heterocycles. The molecule has 0 aliphatic carbocycles. The van der Waals surface area contributed by atoms with Crippen molar-refractivity contribution in [1.82, 2.24) is 25.3 Å². The van der Waals surface area contributed by atoms with Crippen LogP contribution in [0.25, 0.3) is 5.69 Å². The zero-order chi connectivity index (χ0) is 19.1. The number of carbonyl (C=O) groups is 1. The maximum absolute atomic E-state index is 11.8. The Kier molecular flexibility index (Phi) is 8.75. The van der Waals surface area contributed by atoms with Crippen LogP contribution in [0.3, 0.4) is 0 Å². The van der Waals surface area contributed by atoms with E-state index in [0.717, 1.165) is 43.3 Å². The number of nitrogens with one attached hydrogen (secondary N) is 2. The molecule has 0 bridgehead atoms. The smallest absolute Gasteiger partial charge is 0.222 e. The molecule has 0 radical (unpaired) electrons. The number of aromatic nitrogens is 2. The Balaban J connectivity index is 0.00000280. The van der Waals surface area contributed by atoms with Gasteiger partial charge in [-0.25, -0.2) is 9.67 Å². The summed E-state index contributed by atoms with van der Waals surface area (Å²) in [5.41, 5.74) is 2.17. The van der Waals surface area contributed by atoms with Crippen molar-refractivity contribution in [3.05, 3.63) is 48.3 Å². The van der Waals surface area contributed by atoms with Crippen molar-refractivity contribution < 1.29 is 4.79 Å². The minimum atomic E-state index is 0. The van der Waals surface area contributed by atoms with Crippen LogP contribution < -0.4 is 10.6 Å². The molecule has 152 valence electrons. The van der Waals surface area contributed by atoms with Gasteiger partial charge in [0.15, 0.2) is 5.96 Å². The molecule has 8 heteroatoms. The normalized spacial score (nSPS) is 16.6. The van der Waals surface area contributed by atoms with Crippen molar-refractivity contribution >= 4 is 35.8 Å². The molecule has 1 aromatic carbocycles. The second-order valence-electron chi connectivity index (χ2n) is 6.64. The summed E-state index contributed by atoms with van der Waals surface area (Å²) in [5.74, 6) is 1.02. The van der Waals surface area contributed by atoms with Crippen LogP contribution in [-0.2, 0) is 11.3 Å². The molecule has 1 fully saturated rings. The molecule has 1 atom stereocenters. The van der Waals surface area contributed by atoms with Crippen molar-refractivity contribution in [3.8, 4) is 5.69 Å². The molecule has 1 aliphatic rings. The van der Waals surface area contributed by atoms with E-state index in [0.29, 0.717) is 13.0 Å². The lowest BCUT2D eigenvalue weighted by atomic mass is 10.2. The van der Waals surface area contributed by atoms with Crippen molar-refractivity contribution in [2.24, 2.45) is 4.99 Å². The number of halogens is 1. The fourth-order valence-corrected chi connectivity index (χ4v) is 3.19. The van der Waals surface area contributed by atoms with E-state index in [1.54, 1.807) is 6.20 Å². The highest BCUT2D eigenvalue weighted by molar-refractivity contribution is 14.0. The van der Waals surface area contributed by atoms with Crippen LogP contribution >= 0.6 is 24.0 Å². The second kappa shape index (κ2) is 11.0. The first-order chi connectivity index (χ1) is 13.2. The lowest BCUT2D eigenvalue weighted by Crippen LogP contribution is -2.45. The van der Waals surface area contributed by atoms with Crippen molar-refractivity contribution in [2.45, 2.75) is 39.3 Å². The van der Waals surface area contributed by atoms with E-state index in [2.05, 4.69) is 34.8 Å². The fourth-order valence-electron chi connectivity index (χ4n) is 3.19. The van der Waals surface area contributed by atoms with Crippen LogP contribution in [0.15, 0.2) is 47.7 Å². The van der Waals surface area contributed by atoms with Crippen LogP contribution in [0.2, 0.25) is 0 Å². The lowest BCUT2D eigenvalue weighted by molar-refractivity contribution is -0.129. The van der Waals surface area contributed by atoms with Gasteiger partial charge in [-0.05, 0) is 37.1 Å². The summed E-state index contributed by atoms with van der Waals surface area (Å²) in [6.45, 7) is 6.92. The van der Waals surface area contributed by atoms with E-state index in [4.69, 9.17) is 4.99 Å². The van der Waals surface area contributed by atoms with Gasteiger partial charge in [-0.2, -0.15) is 5.10 Å². The summed E-state index contributed by atoms with van der Waals surface area (Å²) in [5, 5.41) is 11.0. The van der Waals surface area contributed by atoms with Crippen LogP contribution in [0.1, 0.15) is 32.3 Å². The maximum atomic E-state index is 11.8. The first-order valence-corrected chi connectivity index (χ1v) is 9.61. The van der Waals surface area contributed by atoms with E-state index >= 15 is 0 Å². The summed E-state index contributed by atoms with van der Waals surface area (Å²) in [6, 6.07) is 10.4. The van der Waals surface area contributed by atoms with Crippen LogP contribution in [0, 0.1) is 0 Å². The molecular formula is C20H29IN6O. The highest BCUT2D eigenvalue weighted by atomic mass is 127. The van der Waals surface area contributed by atoms with E-state index in [-0.39, 0.29) is 35.9 Å². The highest BCUT2D eigenvalue weighted by Gasteiger charge is 2.25. The molecule has 1 amide bonds. The number of guanidine groups is 1. The highest BCUT2D eigenvalue weighted by Crippen LogP contribution is 2.11. The Morgan fingerprint density at radius 3 is 2.71 bits per heavy atom. The average Bonchev–Trinajstić information content (AvgIpc) is 3.38. The quantitative estimate of drug-likeness (QED) is 0.367. The maximum Gasteiger partial charge on any atom is 0.222 e. The lowest BCUT2D eigenvalue weighted by Gasteiger charge is -2.18. The Labute approximate surface area is 183 Å². The van der Waals surface area contributed by atoms with Gasteiger partial charge in [0, 0.05) is 44.5 Å². The Morgan fingerprint density at radius 2 is 2.07 bits per heavy atom. The number of rotatable bonds is 6. The van der Waals surface area contributed by atoms with E-state index in [9.17, 15) is 4.79 Å². The Hall–Kier alpha value is -2.10. The van der Waals surface area contributed by atoms with Gasteiger partial charge < -0.3 is 15.5 Å². The molecule has 2 aromatic rings. The minimum absolute atomic E-state index is 0. The van der Waals surface area contributed by atoms with Crippen LogP contribution in [0.5, 0.6) is 0 Å². The predicted molar refractivity (Wildman–Crippen MR) is 122 cm³/mol. The average molecular weight is 496 g/mol. The minimum Gasteiger partial charge on any atom is -0.357 e. The molecule has 7 nitrogen and oxygen atoms in total. The van der Waals surface area contributed by atoms with Gasteiger partial charge in [-0.15, -0.1) is 24.0 Å². The summed E-state index contributed by atoms with van der Waals surface area (Å²) >= 11 is 0. The van der Waals surface area contributed by atoms with Gasteiger partial charge in [-0.1, -0.05) is 19.1 Å². The molecular weight excluding hydrogens is 467 g/mol. The third-order valence-corrected chi connectivity index (χ3v) is 4.65. The Morgan fingerprint density at radius 1 is 1.29 bits per heavy atom. The van der Waals surface area contributed by atoms with Gasteiger partial charge >= 0.3 is 0 Å².